The summed E-state index contributed by atoms with van der Waals surface area (Å²) in [6.45, 7) is 1.06. The number of β-lactam (4-membered cyclic amide) rings is 1. The number of halogens is 1. The van der Waals surface area contributed by atoms with Crippen molar-refractivity contribution in [2.75, 3.05) is 18.1 Å². The van der Waals surface area contributed by atoms with Gasteiger partial charge in [-0.05, 0) is 29.8 Å². The van der Waals surface area contributed by atoms with Gasteiger partial charge in [-0.15, -0.1) is 0 Å². The minimum Gasteiger partial charge on any atom is -0.486 e. The van der Waals surface area contributed by atoms with E-state index in [-0.39, 0.29) is 11.9 Å². The molecule has 0 bridgehead atoms. The minimum atomic E-state index is -0.524. The Morgan fingerprint density at radius 2 is 1.74 bits per heavy atom. The average Bonchev–Trinajstić information content (AvgIpc) is 2.59. The SMILES string of the molecule is N[C@@H]1C(=O)N(c2ccc3c(c2)OCCO3)[C@H]1c1ccc(Br)cc1. The fourth-order valence-electron chi connectivity index (χ4n) is 3.00. The molecule has 5 nitrogen and oxygen atoms in total. The van der Waals surface area contributed by atoms with Crippen LogP contribution in [0.25, 0.3) is 0 Å². The number of carbonyl (C=O) groups excluding carboxylic acids is 1. The summed E-state index contributed by atoms with van der Waals surface area (Å²) < 4.78 is 12.1. The molecule has 6 heteroatoms. The van der Waals surface area contributed by atoms with Crippen molar-refractivity contribution in [3.05, 3.63) is 52.5 Å². The summed E-state index contributed by atoms with van der Waals surface area (Å²) in [7, 11) is 0. The van der Waals surface area contributed by atoms with E-state index in [1.807, 2.05) is 42.5 Å². The highest BCUT2D eigenvalue weighted by Gasteiger charge is 2.46. The van der Waals surface area contributed by atoms with Crippen molar-refractivity contribution in [2.24, 2.45) is 5.73 Å². The summed E-state index contributed by atoms with van der Waals surface area (Å²) in [6.07, 6.45) is 0. The number of hydrogen-bond acceptors (Lipinski definition) is 4. The van der Waals surface area contributed by atoms with Gasteiger partial charge in [0.1, 0.15) is 19.3 Å². The highest BCUT2D eigenvalue weighted by Crippen LogP contribution is 2.42. The van der Waals surface area contributed by atoms with Crippen LogP contribution in [-0.4, -0.2) is 25.2 Å². The van der Waals surface area contributed by atoms with E-state index in [0.717, 1.165) is 15.7 Å². The lowest BCUT2D eigenvalue weighted by Gasteiger charge is -2.45. The molecule has 0 radical (unpaired) electrons. The Hall–Kier alpha value is -2.05. The maximum Gasteiger partial charge on any atom is 0.247 e. The smallest absolute Gasteiger partial charge is 0.247 e. The molecule has 0 aromatic heterocycles. The molecule has 2 aromatic carbocycles. The summed E-state index contributed by atoms with van der Waals surface area (Å²) in [5.41, 5.74) is 7.82. The molecule has 2 aliphatic rings. The lowest BCUT2D eigenvalue weighted by atomic mass is 9.88. The fraction of sp³-hybridized carbons (Fsp3) is 0.235. The number of anilines is 1. The first-order chi connectivity index (χ1) is 11.1. The molecule has 2 aromatic rings. The Morgan fingerprint density at radius 1 is 1.04 bits per heavy atom. The molecule has 0 unspecified atom stereocenters. The van der Waals surface area contributed by atoms with Crippen molar-refractivity contribution >= 4 is 27.5 Å². The van der Waals surface area contributed by atoms with Crippen LogP contribution in [-0.2, 0) is 4.79 Å². The number of nitrogens with two attached hydrogens (primary N) is 1. The molecule has 0 aliphatic carbocycles. The number of ether oxygens (including phenoxy) is 2. The zero-order valence-electron chi connectivity index (χ0n) is 12.2. The van der Waals surface area contributed by atoms with Crippen LogP contribution in [0.4, 0.5) is 5.69 Å². The summed E-state index contributed by atoms with van der Waals surface area (Å²) in [6, 6.07) is 12.7. The predicted octanol–water partition coefficient (Wildman–Crippen LogP) is 2.64. The third kappa shape index (κ3) is 2.38. The van der Waals surface area contributed by atoms with Crippen LogP contribution >= 0.6 is 15.9 Å². The standard InChI is InChI=1S/C17H15BrN2O3/c18-11-3-1-10(2-4-11)16-15(19)17(21)20(16)12-5-6-13-14(9-12)23-8-7-22-13/h1-6,9,15-16H,7-8,19H2/t15-,16-/m0/s1. The van der Waals surface area contributed by atoms with Crippen molar-refractivity contribution in [3.8, 4) is 11.5 Å². The number of hydrogen-bond donors (Lipinski definition) is 1. The van der Waals surface area contributed by atoms with Gasteiger partial charge < -0.3 is 20.1 Å². The monoisotopic (exact) mass is 374 g/mol. The van der Waals surface area contributed by atoms with Gasteiger partial charge in [0.05, 0.1) is 6.04 Å². The molecule has 118 valence electrons. The second-order valence-corrected chi connectivity index (χ2v) is 6.47. The summed E-state index contributed by atoms with van der Waals surface area (Å²) in [5, 5.41) is 0. The van der Waals surface area contributed by atoms with Crippen LogP contribution in [0.15, 0.2) is 46.9 Å². The van der Waals surface area contributed by atoms with Gasteiger partial charge in [-0.1, -0.05) is 28.1 Å². The zero-order chi connectivity index (χ0) is 16.0. The zero-order valence-corrected chi connectivity index (χ0v) is 13.8. The molecular weight excluding hydrogens is 360 g/mol. The second-order valence-electron chi connectivity index (χ2n) is 5.56. The molecule has 1 saturated heterocycles. The van der Waals surface area contributed by atoms with Gasteiger partial charge in [-0.2, -0.15) is 0 Å². The van der Waals surface area contributed by atoms with Crippen molar-refractivity contribution in [2.45, 2.75) is 12.1 Å². The molecule has 1 amide bonds. The first kappa shape index (κ1) is 14.5. The molecule has 2 heterocycles. The first-order valence-electron chi connectivity index (χ1n) is 7.39. The number of fused-ring (bicyclic) bond motifs is 1. The molecule has 1 fully saturated rings. The number of rotatable bonds is 2. The summed E-state index contributed by atoms with van der Waals surface area (Å²) >= 11 is 3.42. The molecule has 2 atom stereocenters. The largest absolute Gasteiger partial charge is 0.486 e. The van der Waals surface area contributed by atoms with Crippen molar-refractivity contribution in [1.29, 1.82) is 0 Å². The lowest BCUT2D eigenvalue weighted by Crippen LogP contribution is -2.63. The summed E-state index contributed by atoms with van der Waals surface area (Å²) in [4.78, 5) is 14.0. The van der Waals surface area contributed by atoms with Crippen LogP contribution < -0.4 is 20.1 Å². The number of benzene rings is 2. The van der Waals surface area contributed by atoms with E-state index in [0.29, 0.717) is 24.7 Å². The highest BCUT2D eigenvalue weighted by molar-refractivity contribution is 9.10. The van der Waals surface area contributed by atoms with Crippen LogP contribution in [0, 0.1) is 0 Å². The number of amides is 1. The number of nitrogens with zero attached hydrogens (tertiary/aromatic N) is 1. The molecule has 23 heavy (non-hydrogen) atoms. The molecular formula is C17H15BrN2O3. The van der Waals surface area contributed by atoms with Gasteiger partial charge in [0, 0.05) is 16.2 Å². The minimum absolute atomic E-state index is 0.0883. The van der Waals surface area contributed by atoms with Crippen LogP contribution in [0.3, 0.4) is 0 Å². The molecule has 0 spiro atoms. The number of carbonyl (C=O) groups is 1. The van der Waals surface area contributed by atoms with Gasteiger partial charge in [-0.3, -0.25) is 4.79 Å². The maximum atomic E-state index is 12.3. The van der Waals surface area contributed by atoms with E-state index >= 15 is 0 Å². The van der Waals surface area contributed by atoms with Crippen LogP contribution in [0.1, 0.15) is 11.6 Å². The van der Waals surface area contributed by atoms with Gasteiger partial charge in [0.15, 0.2) is 11.5 Å². The topological polar surface area (TPSA) is 64.8 Å². The van der Waals surface area contributed by atoms with Crippen LogP contribution in [0.2, 0.25) is 0 Å². The third-order valence-electron chi connectivity index (χ3n) is 4.16. The molecule has 4 rings (SSSR count). The van der Waals surface area contributed by atoms with E-state index in [2.05, 4.69) is 15.9 Å². The van der Waals surface area contributed by atoms with E-state index in [4.69, 9.17) is 15.2 Å². The van der Waals surface area contributed by atoms with E-state index in [9.17, 15) is 4.79 Å². The third-order valence-corrected chi connectivity index (χ3v) is 4.69. The molecule has 0 saturated carbocycles. The van der Waals surface area contributed by atoms with Gasteiger partial charge in [0.25, 0.3) is 0 Å². The van der Waals surface area contributed by atoms with E-state index < -0.39 is 6.04 Å². The second kappa shape index (κ2) is 5.54. The van der Waals surface area contributed by atoms with E-state index in [1.54, 1.807) is 4.90 Å². The van der Waals surface area contributed by atoms with Crippen molar-refractivity contribution in [3.63, 3.8) is 0 Å². The lowest BCUT2D eigenvalue weighted by molar-refractivity contribution is -0.126. The predicted molar refractivity (Wildman–Crippen MR) is 89.8 cm³/mol. The van der Waals surface area contributed by atoms with Crippen molar-refractivity contribution in [1.82, 2.24) is 0 Å². The Morgan fingerprint density at radius 3 is 2.48 bits per heavy atom. The Balaban J connectivity index is 1.69. The highest BCUT2D eigenvalue weighted by atomic mass is 79.9. The Bertz CT molecular complexity index is 763. The quantitative estimate of drug-likeness (QED) is 0.820. The van der Waals surface area contributed by atoms with Gasteiger partial charge in [0.2, 0.25) is 5.91 Å². The maximum absolute atomic E-state index is 12.3. The van der Waals surface area contributed by atoms with Crippen LogP contribution in [0.5, 0.6) is 11.5 Å². The van der Waals surface area contributed by atoms with Gasteiger partial charge in [-0.25, -0.2) is 0 Å². The van der Waals surface area contributed by atoms with Gasteiger partial charge >= 0.3 is 0 Å². The Kier molecular flexibility index (Phi) is 3.50. The molecule has 2 N–H and O–H groups in total. The fourth-order valence-corrected chi connectivity index (χ4v) is 3.26. The summed E-state index contributed by atoms with van der Waals surface area (Å²) in [5.74, 6) is 1.28. The first-order valence-corrected chi connectivity index (χ1v) is 8.18. The average molecular weight is 375 g/mol. The normalized spacial score (nSPS) is 22.7. The Labute approximate surface area is 142 Å². The molecule has 2 aliphatic heterocycles. The van der Waals surface area contributed by atoms with E-state index in [1.165, 1.54) is 0 Å². The van der Waals surface area contributed by atoms with Crippen molar-refractivity contribution < 1.29 is 14.3 Å².